The van der Waals surface area contributed by atoms with E-state index in [1.54, 1.807) is 12.4 Å². The third kappa shape index (κ3) is 3.51. The fourth-order valence-corrected chi connectivity index (χ4v) is 2.41. The van der Waals surface area contributed by atoms with Crippen LogP contribution in [0.25, 0.3) is 0 Å². The molecule has 0 aliphatic heterocycles. The average molecular weight is 258 g/mol. The van der Waals surface area contributed by atoms with Crippen molar-refractivity contribution in [1.82, 2.24) is 0 Å². The van der Waals surface area contributed by atoms with E-state index in [1.165, 1.54) is 30.0 Å². The van der Waals surface area contributed by atoms with Crippen molar-refractivity contribution in [2.24, 2.45) is 4.99 Å². The first-order valence-electron chi connectivity index (χ1n) is 4.25. The molecule has 0 bridgehead atoms. The molecule has 0 saturated carbocycles. The minimum Gasteiger partial charge on any atom is -0.207 e. The Labute approximate surface area is 101 Å². The zero-order valence-electron chi connectivity index (χ0n) is 8.41. The third-order valence-electron chi connectivity index (χ3n) is 1.72. The second-order valence-corrected chi connectivity index (χ2v) is 4.69. The number of thioether (sulfide) groups is 2. The van der Waals surface area contributed by atoms with Gasteiger partial charge in [0.05, 0.1) is 0 Å². The number of benzene rings is 1. The van der Waals surface area contributed by atoms with Gasteiger partial charge in [-0.3, -0.25) is 0 Å². The Kier molecular flexibility index (Phi) is 5.29. The van der Waals surface area contributed by atoms with Gasteiger partial charge in [0.15, 0.2) is 0 Å². The number of nitriles is 1. The van der Waals surface area contributed by atoms with Gasteiger partial charge < -0.3 is 0 Å². The molecule has 0 unspecified atom stereocenters. The van der Waals surface area contributed by atoms with E-state index < -0.39 is 11.6 Å². The summed E-state index contributed by atoms with van der Waals surface area (Å²) in [6.45, 7) is 0. The Hall–Kier alpha value is -1.06. The average Bonchev–Trinajstić information content (AvgIpc) is 2.27. The lowest BCUT2D eigenvalue weighted by Gasteiger charge is -2.04. The number of rotatable bonds is 2. The minimum absolute atomic E-state index is 0.00666. The second-order valence-electron chi connectivity index (χ2n) is 2.67. The molecule has 0 fully saturated rings. The van der Waals surface area contributed by atoms with Crippen molar-refractivity contribution in [2.75, 3.05) is 6.26 Å². The highest BCUT2D eigenvalue weighted by atomic mass is 32.2. The molecule has 0 aliphatic rings. The molecule has 0 spiro atoms. The Morgan fingerprint density at radius 3 is 2.56 bits per heavy atom. The maximum Gasteiger partial charge on any atom is 0.207 e. The maximum atomic E-state index is 13.2. The quantitative estimate of drug-likeness (QED) is 0.463. The summed E-state index contributed by atoms with van der Waals surface area (Å²) in [5.41, 5.74) is 0.00666. The van der Waals surface area contributed by atoms with Gasteiger partial charge in [-0.05, 0) is 18.4 Å². The van der Waals surface area contributed by atoms with Gasteiger partial charge >= 0.3 is 0 Å². The summed E-state index contributed by atoms with van der Waals surface area (Å²) < 4.78 is 26.9. The summed E-state index contributed by atoms with van der Waals surface area (Å²) in [5, 5.41) is 8.36. The summed E-state index contributed by atoms with van der Waals surface area (Å²) in [4.78, 5) is 3.52. The molecule has 84 valence electrons. The summed E-state index contributed by atoms with van der Waals surface area (Å²) in [5.74, 6) is -1.03. The zero-order chi connectivity index (χ0) is 12.0. The van der Waals surface area contributed by atoms with Crippen LogP contribution >= 0.6 is 23.5 Å². The van der Waals surface area contributed by atoms with Gasteiger partial charge in [0.2, 0.25) is 6.19 Å². The normalized spacial score (nSPS) is 11.2. The van der Waals surface area contributed by atoms with Gasteiger partial charge in [-0.15, -0.1) is 11.8 Å². The van der Waals surface area contributed by atoms with Crippen molar-refractivity contribution < 1.29 is 8.78 Å². The molecule has 0 aliphatic carbocycles. The van der Waals surface area contributed by atoms with Crippen LogP contribution in [0.15, 0.2) is 23.2 Å². The largest absolute Gasteiger partial charge is 0.207 e. The lowest BCUT2D eigenvalue weighted by Crippen LogP contribution is -1.95. The van der Waals surface area contributed by atoms with E-state index >= 15 is 0 Å². The van der Waals surface area contributed by atoms with Gasteiger partial charge in [-0.1, -0.05) is 17.8 Å². The van der Waals surface area contributed by atoms with Crippen LogP contribution in [0.4, 0.5) is 8.78 Å². The SMILES string of the molecule is CSC(=NC#N)SCc1c(F)cccc1F. The van der Waals surface area contributed by atoms with Gasteiger partial charge in [-0.25, -0.2) is 8.78 Å². The van der Waals surface area contributed by atoms with Crippen LogP contribution in [0.5, 0.6) is 0 Å². The standard InChI is InChI=1S/C10H8F2N2S2/c1-15-10(14-6-13)16-5-7-8(11)3-2-4-9(7)12/h2-4H,5H2,1H3. The van der Waals surface area contributed by atoms with Crippen molar-refractivity contribution in [3.05, 3.63) is 35.4 Å². The Balaban J connectivity index is 2.75. The molecule has 0 atom stereocenters. The molecule has 1 rings (SSSR count). The fourth-order valence-electron chi connectivity index (χ4n) is 0.982. The van der Waals surface area contributed by atoms with Crippen molar-refractivity contribution in [2.45, 2.75) is 5.75 Å². The molecule has 0 saturated heterocycles. The van der Waals surface area contributed by atoms with E-state index in [4.69, 9.17) is 5.26 Å². The molecular formula is C10H8F2N2S2. The predicted molar refractivity (Wildman–Crippen MR) is 64.2 cm³/mol. The van der Waals surface area contributed by atoms with Crippen LogP contribution in [0.1, 0.15) is 5.56 Å². The van der Waals surface area contributed by atoms with Crippen molar-refractivity contribution in [3.8, 4) is 6.19 Å². The molecule has 0 heterocycles. The molecular weight excluding hydrogens is 250 g/mol. The number of halogens is 2. The molecule has 0 N–H and O–H groups in total. The highest BCUT2D eigenvalue weighted by Gasteiger charge is 2.09. The Morgan fingerprint density at radius 1 is 1.44 bits per heavy atom. The fraction of sp³-hybridized carbons (Fsp3) is 0.200. The number of hydrogen-bond acceptors (Lipinski definition) is 4. The Bertz CT molecular complexity index is 421. The van der Waals surface area contributed by atoms with E-state index in [1.807, 2.05) is 0 Å². The van der Waals surface area contributed by atoms with Crippen molar-refractivity contribution >= 4 is 27.9 Å². The van der Waals surface area contributed by atoms with Crippen LogP contribution in [-0.4, -0.2) is 10.6 Å². The smallest absolute Gasteiger partial charge is 0.207 e. The number of aliphatic imine (C=N–C) groups is 1. The van der Waals surface area contributed by atoms with Crippen LogP contribution in [-0.2, 0) is 5.75 Å². The van der Waals surface area contributed by atoms with Crippen molar-refractivity contribution in [1.29, 1.82) is 5.26 Å². The summed E-state index contributed by atoms with van der Waals surface area (Å²) in [6, 6.07) is 3.73. The molecule has 2 nitrogen and oxygen atoms in total. The zero-order valence-corrected chi connectivity index (χ0v) is 10.0. The Morgan fingerprint density at radius 2 is 2.06 bits per heavy atom. The van der Waals surface area contributed by atoms with E-state index in [9.17, 15) is 8.78 Å². The first kappa shape index (κ1) is 13.0. The lowest BCUT2D eigenvalue weighted by molar-refractivity contribution is 0.566. The first-order chi connectivity index (χ1) is 7.69. The summed E-state index contributed by atoms with van der Waals surface area (Å²) in [6.07, 6.45) is 3.39. The van der Waals surface area contributed by atoms with E-state index in [2.05, 4.69) is 4.99 Å². The van der Waals surface area contributed by atoms with Crippen LogP contribution in [0.2, 0.25) is 0 Å². The van der Waals surface area contributed by atoms with E-state index in [-0.39, 0.29) is 11.3 Å². The maximum absolute atomic E-state index is 13.2. The molecule has 6 heteroatoms. The molecule has 0 aromatic heterocycles. The van der Waals surface area contributed by atoms with Crippen molar-refractivity contribution in [3.63, 3.8) is 0 Å². The monoisotopic (exact) mass is 258 g/mol. The number of hydrogen-bond donors (Lipinski definition) is 0. The highest BCUT2D eigenvalue weighted by molar-refractivity contribution is 8.38. The second kappa shape index (κ2) is 6.51. The summed E-state index contributed by atoms with van der Waals surface area (Å²) in [7, 11) is 0. The van der Waals surface area contributed by atoms with Gasteiger partial charge in [-0.2, -0.15) is 10.3 Å². The first-order valence-corrected chi connectivity index (χ1v) is 6.46. The predicted octanol–water partition coefficient (Wildman–Crippen LogP) is 3.40. The topological polar surface area (TPSA) is 36.1 Å². The molecule has 16 heavy (non-hydrogen) atoms. The molecule has 1 aromatic rings. The summed E-state index contributed by atoms with van der Waals surface area (Å²) >= 11 is 2.41. The van der Waals surface area contributed by atoms with Crippen LogP contribution in [0.3, 0.4) is 0 Å². The lowest BCUT2D eigenvalue weighted by atomic mass is 10.2. The molecule has 0 radical (unpaired) electrons. The molecule has 1 aromatic carbocycles. The number of nitrogens with zero attached hydrogens (tertiary/aromatic N) is 2. The van der Waals surface area contributed by atoms with Gasteiger partial charge in [0.1, 0.15) is 16.0 Å². The highest BCUT2D eigenvalue weighted by Crippen LogP contribution is 2.23. The third-order valence-corrected chi connectivity index (χ3v) is 3.78. The van der Waals surface area contributed by atoms with Gasteiger partial charge in [0, 0.05) is 11.3 Å². The van der Waals surface area contributed by atoms with Crippen LogP contribution < -0.4 is 0 Å². The van der Waals surface area contributed by atoms with E-state index in [0.29, 0.717) is 4.38 Å². The van der Waals surface area contributed by atoms with Crippen LogP contribution in [0, 0.1) is 23.1 Å². The van der Waals surface area contributed by atoms with E-state index in [0.717, 1.165) is 11.8 Å². The molecule has 0 amide bonds. The van der Waals surface area contributed by atoms with Gasteiger partial charge in [0.25, 0.3) is 0 Å². The minimum atomic E-state index is -0.579.